The molecule has 2 aromatic carbocycles. The summed E-state index contributed by atoms with van der Waals surface area (Å²) in [6, 6.07) is 14.9. The maximum atomic E-state index is 11.9. The van der Waals surface area contributed by atoms with Crippen molar-refractivity contribution in [3.05, 3.63) is 59.7 Å². The predicted molar refractivity (Wildman–Crippen MR) is 161 cm³/mol. The van der Waals surface area contributed by atoms with E-state index in [-0.39, 0.29) is 18.1 Å². The Kier molecular flexibility index (Phi) is 13.9. The summed E-state index contributed by atoms with van der Waals surface area (Å²) >= 11 is 0. The van der Waals surface area contributed by atoms with E-state index in [0.717, 1.165) is 35.8 Å². The Morgan fingerprint density at radius 2 is 1.50 bits per heavy atom. The number of anilines is 3. The lowest BCUT2D eigenvalue weighted by molar-refractivity contribution is -0.122. The third-order valence-corrected chi connectivity index (χ3v) is 6.01. The number of phenolic OH excluding ortho intramolecular Hbond substituents is 1. The molecule has 12 heteroatoms. The fraction of sp³-hybridized carbons (Fsp3) is 0.429. The quantitative estimate of drug-likeness (QED) is 0.108. The molecule has 5 N–H and O–H groups in total. The number of amides is 1. The second kappa shape index (κ2) is 17.9. The molecule has 1 aromatic heterocycles. The lowest BCUT2D eigenvalue weighted by Gasteiger charge is -2.12. The van der Waals surface area contributed by atoms with Crippen molar-refractivity contribution < 1.29 is 19.4 Å². The van der Waals surface area contributed by atoms with Gasteiger partial charge in [-0.15, -0.1) is 9.24 Å². The van der Waals surface area contributed by atoms with Crippen LogP contribution in [0, 0.1) is 0 Å². The highest BCUT2D eigenvalue weighted by Crippen LogP contribution is 2.12. The topological polar surface area (TPSA) is 143 Å². The first-order valence-corrected chi connectivity index (χ1v) is 14.1. The average Bonchev–Trinajstić information content (AvgIpc) is 2.95. The molecule has 1 unspecified atom stereocenters. The normalized spacial score (nSPS) is 10.8. The lowest BCUT2D eigenvalue weighted by Crippen LogP contribution is -2.24. The van der Waals surface area contributed by atoms with Crippen molar-refractivity contribution >= 4 is 38.3 Å². The van der Waals surface area contributed by atoms with Crippen LogP contribution in [-0.2, 0) is 27.4 Å². The van der Waals surface area contributed by atoms with Gasteiger partial charge in [-0.2, -0.15) is 15.0 Å². The Hall–Kier alpha value is -3.53. The maximum Gasteiger partial charge on any atom is 0.229 e. The highest BCUT2D eigenvalue weighted by atomic mass is 31.0. The molecule has 0 fully saturated rings. The summed E-state index contributed by atoms with van der Waals surface area (Å²) in [7, 11) is 2.70. The highest BCUT2D eigenvalue weighted by Gasteiger charge is 2.07. The zero-order chi connectivity index (χ0) is 28.4. The van der Waals surface area contributed by atoms with E-state index in [2.05, 4.69) is 64.5 Å². The second-order valence-electron chi connectivity index (χ2n) is 9.03. The third-order valence-electron chi connectivity index (χ3n) is 5.65. The van der Waals surface area contributed by atoms with Crippen molar-refractivity contribution in [1.29, 1.82) is 0 Å². The number of nitrogens with one attached hydrogen (secondary N) is 4. The van der Waals surface area contributed by atoms with Gasteiger partial charge in [0.05, 0.1) is 26.4 Å². The van der Waals surface area contributed by atoms with Gasteiger partial charge < -0.3 is 35.8 Å². The maximum absolute atomic E-state index is 11.9. The van der Waals surface area contributed by atoms with E-state index < -0.39 is 0 Å². The number of rotatable bonds is 19. The molecule has 40 heavy (non-hydrogen) atoms. The summed E-state index contributed by atoms with van der Waals surface area (Å²) in [5, 5.41) is 23.0. The van der Waals surface area contributed by atoms with Crippen LogP contribution < -0.4 is 26.6 Å². The molecule has 1 heterocycles. The lowest BCUT2D eigenvalue weighted by atomic mass is 10.2. The Balaban J connectivity index is 1.31. The zero-order valence-electron chi connectivity index (χ0n) is 23.0. The Morgan fingerprint density at radius 3 is 2.20 bits per heavy atom. The molecule has 1 amide bonds. The smallest absolute Gasteiger partial charge is 0.229 e. The Morgan fingerprint density at radius 1 is 0.825 bits per heavy atom. The van der Waals surface area contributed by atoms with Crippen molar-refractivity contribution in [1.82, 2.24) is 20.3 Å². The molecule has 0 aliphatic carbocycles. The summed E-state index contributed by atoms with van der Waals surface area (Å²) in [5.41, 5.74) is 2.05. The van der Waals surface area contributed by atoms with Crippen LogP contribution in [0.25, 0.3) is 0 Å². The molecule has 0 spiro atoms. The molecule has 0 saturated carbocycles. The van der Waals surface area contributed by atoms with Gasteiger partial charge in [-0.05, 0) is 35.0 Å². The first-order valence-electron chi connectivity index (χ1n) is 13.5. The van der Waals surface area contributed by atoms with Crippen LogP contribution >= 0.6 is 9.24 Å². The fourth-order valence-corrected chi connectivity index (χ4v) is 3.82. The largest absolute Gasteiger partial charge is 0.508 e. The summed E-state index contributed by atoms with van der Waals surface area (Å²) < 4.78 is 11.1. The molecule has 3 aromatic rings. The molecule has 0 aliphatic rings. The van der Waals surface area contributed by atoms with E-state index in [1.54, 1.807) is 24.3 Å². The molecule has 0 aliphatic heterocycles. The first kappa shape index (κ1) is 31.0. The van der Waals surface area contributed by atoms with Crippen LogP contribution in [0.5, 0.6) is 5.75 Å². The number of hydrogen-bond donors (Lipinski definition) is 5. The van der Waals surface area contributed by atoms with E-state index >= 15 is 0 Å². The van der Waals surface area contributed by atoms with Crippen molar-refractivity contribution in [2.75, 3.05) is 55.5 Å². The molecule has 1 atom stereocenters. The molecule has 0 radical (unpaired) electrons. The summed E-state index contributed by atoms with van der Waals surface area (Å²) in [6.07, 6.45) is 2.38. The second-order valence-corrected chi connectivity index (χ2v) is 9.70. The van der Waals surface area contributed by atoms with Gasteiger partial charge in [-0.25, -0.2) is 0 Å². The number of carbonyl (C=O) groups excluding carboxylic acids is 1. The fourth-order valence-electron chi connectivity index (χ4n) is 3.50. The predicted octanol–water partition coefficient (Wildman–Crippen LogP) is 3.05. The molecule has 0 bridgehead atoms. The number of aromatic hydroxyl groups is 1. The SMILES string of the molecule is CCCCNc1nc(NCCOCCOCCC(=O)NCc2ccc(O)cc2)nc(NCc2cccc(P)c2)n1. The van der Waals surface area contributed by atoms with Crippen LogP contribution in [0.2, 0.25) is 0 Å². The number of unbranched alkanes of at least 4 members (excludes halogenated alkanes) is 1. The third kappa shape index (κ3) is 12.5. The van der Waals surface area contributed by atoms with Gasteiger partial charge in [0.15, 0.2) is 0 Å². The number of hydrogen-bond acceptors (Lipinski definition) is 10. The van der Waals surface area contributed by atoms with Crippen LogP contribution in [0.1, 0.15) is 37.3 Å². The number of carbonyl (C=O) groups is 1. The van der Waals surface area contributed by atoms with Crippen LogP contribution in [-0.4, -0.2) is 65.5 Å². The van der Waals surface area contributed by atoms with Crippen molar-refractivity contribution in [3.63, 3.8) is 0 Å². The van der Waals surface area contributed by atoms with Crippen molar-refractivity contribution in [2.45, 2.75) is 39.3 Å². The first-order chi connectivity index (χ1) is 19.5. The zero-order valence-corrected chi connectivity index (χ0v) is 24.1. The molecule has 216 valence electrons. The van der Waals surface area contributed by atoms with Crippen LogP contribution in [0.4, 0.5) is 17.8 Å². The Bertz CT molecular complexity index is 1170. The molecule has 0 saturated heterocycles. The van der Waals surface area contributed by atoms with E-state index in [0.29, 0.717) is 63.9 Å². The van der Waals surface area contributed by atoms with Gasteiger partial charge in [0, 0.05) is 32.6 Å². The molecular weight excluding hydrogens is 529 g/mol. The van der Waals surface area contributed by atoms with Gasteiger partial charge in [0.25, 0.3) is 0 Å². The summed E-state index contributed by atoms with van der Waals surface area (Å²) in [4.78, 5) is 25.4. The standard InChI is InChI=1S/C28H40N7O4P/c1-2-3-12-29-26-33-27(35-28(34-26)32-20-22-5-4-6-24(40)18-22)30-13-15-39-17-16-38-14-11-25(37)31-19-21-7-9-23(36)10-8-21/h4-10,18,36H,2-3,11-17,19-20,40H2,1H3,(H,31,37)(H3,29,30,32,33,34,35). The van der Waals surface area contributed by atoms with E-state index in [1.807, 2.05) is 12.1 Å². The van der Waals surface area contributed by atoms with Crippen molar-refractivity contribution in [3.8, 4) is 5.75 Å². The minimum Gasteiger partial charge on any atom is -0.508 e. The van der Waals surface area contributed by atoms with Crippen molar-refractivity contribution in [2.24, 2.45) is 0 Å². The number of ether oxygens (including phenoxy) is 2. The molecule has 3 rings (SSSR count). The average molecular weight is 570 g/mol. The van der Waals surface area contributed by atoms with E-state index in [4.69, 9.17) is 9.47 Å². The van der Waals surface area contributed by atoms with Gasteiger partial charge in [0.2, 0.25) is 23.8 Å². The number of benzene rings is 2. The number of aromatic nitrogens is 3. The van der Waals surface area contributed by atoms with Crippen LogP contribution in [0.3, 0.4) is 0 Å². The molecule has 11 nitrogen and oxygen atoms in total. The highest BCUT2D eigenvalue weighted by molar-refractivity contribution is 7.27. The molecular formula is C28H40N7O4P. The minimum atomic E-state index is -0.0918. The van der Waals surface area contributed by atoms with Gasteiger partial charge in [-0.3, -0.25) is 4.79 Å². The van der Waals surface area contributed by atoms with Gasteiger partial charge >= 0.3 is 0 Å². The minimum absolute atomic E-state index is 0.0918. The van der Waals surface area contributed by atoms with Crippen LogP contribution in [0.15, 0.2) is 48.5 Å². The number of phenols is 1. The summed E-state index contributed by atoms with van der Waals surface area (Å²) in [5.74, 6) is 1.59. The Labute approximate surface area is 238 Å². The van der Waals surface area contributed by atoms with E-state index in [9.17, 15) is 9.90 Å². The van der Waals surface area contributed by atoms with Gasteiger partial charge in [-0.1, -0.05) is 49.7 Å². The monoisotopic (exact) mass is 569 g/mol. The van der Waals surface area contributed by atoms with E-state index in [1.165, 1.54) is 0 Å². The number of nitrogens with zero attached hydrogens (tertiary/aromatic N) is 3. The summed E-state index contributed by atoms with van der Waals surface area (Å²) in [6.45, 7) is 6.04. The van der Waals surface area contributed by atoms with Gasteiger partial charge in [0.1, 0.15) is 5.75 Å².